The molecule has 0 radical (unpaired) electrons. The maximum absolute atomic E-state index is 13.1. The molecule has 0 N–H and O–H groups in total. The fourth-order valence-corrected chi connectivity index (χ4v) is 5.89. The highest BCUT2D eigenvalue weighted by Gasteiger charge is 2.28. The summed E-state index contributed by atoms with van der Waals surface area (Å²) in [6.45, 7) is 4.64. The van der Waals surface area contributed by atoms with E-state index in [0.717, 1.165) is 45.3 Å². The van der Waals surface area contributed by atoms with Gasteiger partial charge in [0, 0.05) is 38.8 Å². The number of carbonyl (C=O) groups excluding carboxylic acids is 1. The number of amides is 1. The molecule has 8 heteroatoms. The highest BCUT2D eigenvalue weighted by molar-refractivity contribution is 7.89. The van der Waals surface area contributed by atoms with Crippen molar-refractivity contribution in [1.82, 2.24) is 14.1 Å². The number of likely N-dealkylation sites (tertiary alicyclic amines) is 1. The van der Waals surface area contributed by atoms with E-state index in [0.29, 0.717) is 25.2 Å². The number of halogens is 1. The van der Waals surface area contributed by atoms with E-state index in [1.165, 1.54) is 29.3 Å². The smallest absolute Gasteiger partial charge is 0.253 e. The predicted molar refractivity (Wildman–Crippen MR) is 111 cm³/mol. The molecule has 2 saturated heterocycles. The van der Waals surface area contributed by atoms with Crippen molar-refractivity contribution in [2.75, 3.05) is 46.3 Å². The van der Waals surface area contributed by atoms with Gasteiger partial charge in [0.15, 0.2) is 0 Å². The highest BCUT2D eigenvalue weighted by Crippen LogP contribution is 2.28. The molecule has 0 spiro atoms. The van der Waals surface area contributed by atoms with Gasteiger partial charge in [-0.25, -0.2) is 8.42 Å². The van der Waals surface area contributed by atoms with Gasteiger partial charge >= 0.3 is 0 Å². The van der Waals surface area contributed by atoms with Crippen molar-refractivity contribution in [3.05, 3.63) is 28.8 Å². The van der Waals surface area contributed by atoms with Crippen LogP contribution in [0.15, 0.2) is 23.1 Å². The molecule has 0 bridgehead atoms. The monoisotopic (exact) mass is 427 g/mol. The van der Waals surface area contributed by atoms with E-state index >= 15 is 0 Å². The summed E-state index contributed by atoms with van der Waals surface area (Å²) in [6.07, 6.45) is 6.22. The molecule has 1 aromatic carbocycles. The number of benzene rings is 1. The first kappa shape index (κ1) is 21.6. The zero-order valence-corrected chi connectivity index (χ0v) is 18.1. The Labute approximate surface area is 173 Å². The first-order chi connectivity index (χ1) is 13.4. The van der Waals surface area contributed by atoms with Crippen LogP contribution in [0.4, 0.5) is 0 Å². The molecule has 156 valence electrons. The second-order valence-corrected chi connectivity index (χ2v) is 10.1. The van der Waals surface area contributed by atoms with Crippen molar-refractivity contribution in [2.45, 2.75) is 43.4 Å². The van der Waals surface area contributed by atoms with Crippen molar-refractivity contribution < 1.29 is 13.2 Å². The minimum absolute atomic E-state index is 0.0369. The van der Waals surface area contributed by atoms with Gasteiger partial charge in [0.25, 0.3) is 5.91 Å². The van der Waals surface area contributed by atoms with Gasteiger partial charge in [-0.15, -0.1) is 0 Å². The molecule has 0 aliphatic carbocycles. The molecule has 1 amide bonds. The fourth-order valence-electron chi connectivity index (χ4n) is 3.87. The molecular formula is C20H30ClN3O3S. The van der Waals surface area contributed by atoms with Crippen LogP contribution in [-0.2, 0) is 10.0 Å². The first-order valence-corrected chi connectivity index (χ1v) is 12.0. The zero-order chi connectivity index (χ0) is 20.1. The molecule has 0 atom stereocenters. The Bertz CT molecular complexity index is 786. The second-order valence-electron chi connectivity index (χ2n) is 7.74. The Kier molecular flexibility index (Phi) is 7.36. The van der Waals surface area contributed by atoms with E-state index < -0.39 is 10.0 Å². The van der Waals surface area contributed by atoms with E-state index in [1.54, 1.807) is 18.0 Å². The Morgan fingerprint density at radius 3 is 2.29 bits per heavy atom. The third kappa shape index (κ3) is 5.06. The van der Waals surface area contributed by atoms with Crippen LogP contribution in [0.25, 0.3) is 0 Å². The molecule has 0 saturated carbocycles. The van der Waals surface area contributed by atoms with E-state index in [4.69, 9.17) is 11.6 Å². The Morgan fingerprint density at radius 1 is 1.04 bits per heavy atom. The summed E-state index contributed by atoms with van der Waals surface area (Å²) in [5.74, 6) is -0.178. The molecule has 3 rings (SSSR count). The molecule has 1 aromatic rings. The summed E-state index contributed by atoms with van der Waals surface area (Å²) in [7, 11) is -1.94. The summed E-state index contributed by atoms with van der Waals surface area (Å²) in [6, 6.07) is 4.57. The van der Waals surface area contributed by atoms with Crippen LogP contribution < -0.4 is 0 Å². The normalized spacial score (nSPS) is 19.5. The van der Waals surface area contributed by atoms with Gasteiger partial charge in [-0.1, -0.05) is 24.4 Å². The molecule has 28 heavy (non-hydrogen) atoms. The van der Waals surface area contributed by atoms with Gasteiger partial charge in [-0.2, -0.15) is 4.31 Å². The predicted octanol–water partition coefficient (Wildman–Crippen LogP) is 3.07. The highest BCUT2D eigenvalue weighted by atomic mass is 35.5. The van der Waals surface area contributed by atoms with Crippen LogP contribution in [-0.4, -0.2) is 74.7 Å². The van der Waals surface area contributed by atoms with Crippen LogP contribution in [0, 0.1) is 0 Å². The van der Waals surface area contributed by atoms with Crippen LogP contribution in [0.2, 0.25) is 5.02 Å². The summed E-state index contributed by atoms with van der Waals surface area (Å²) in [5.41, 5.74) is 0.363. The topological polar surface area (TPSA) is 60.9 Å². The van der Waals surface area contributed by atoms with Gasteiger partial charge in [0.05, 0.1) is 5.02 Å². The lowest BCUT2D eigenvalue weighted by molar-refractivity contribution is 0.0782. The third-order valence-corrected chi connectivity index (χ3v) is 8.04. The first-order valence-electron chi connectivity index (χ1n) is 10.2. The van der Waals surface area contributed by atoms with Crippen molar-refractivity contribution >= 4 is 27.5 Å². The van der Waals surface area contributed by atoms with Crippen molar-refractivity contribution in [3.63, 3.8) is 0 Å². The largest absolute Gasteiger partial charge is 0.340 e. The van der Waals surface area contributed by atoms with Crippen LogP contribution in [0.1, 0.15) is 48.9 Å². The number of carbonyl (C=O) groups is 1. The van der Waals surface area contributed by atoms with Crippen LogP contribution >= 0.6 is 11.6 Å². The van der Waals surface area contributed by atoms with Gasteiger partial charge in [-0.3, -0.25) is 4.79 Å². The van der Waals surface area contributed by atoms with E-state index in [1.807, 2.05) is 0 Å². The number of hydrogen-bond donors (Lipinski definition) is 0. The third-order valence-electron chi connectivity index (χ3n) is 5.66. The molecule has 0 unspecified atom stereocenters. The number of sulfonamides is 1. The lowest BCUT2D eigenvalue weighted by Gasteiger charge is -2.23. The van der Waals surface area contributed by atoms with Crippen LogP contribution in [0.3, 0.4) is 0 Å². The van der Waals surface area contributed by atoms with E-state index in [-0.39, 0.29) is 15.8 Å². The number of nitrogens with zero attached hydrogens (tertiary/aromatic N) is 3. The van der Waals surface area contributed by atoms with Gasteiger partial charge < -0.3 is 9.80 Å². The minimum Gasteiger partial charge on any atom is -0.340 e. The van der Waals surface area contributed by atoms with Crippen molar-refractivity contribution in [1.29, 1.82) is 0 Å². The number of rotatable bonds is 6. The summed E-state index contributed by atoms with van der Waals surface area (Å²) < 4.78 is 27.7. The van der Waals surface area contributed by atoms with Crippen molar-refractivity contribution in [3.8, 4) is 0 Å². The molecular weight excluding hydrogens is 398 g/mol. The van der Waals surface area contributed by atoms with E-state index in [2.05, 4.69) is 4.90 Å². The molecule has 6 nitrogen and oxygen atoms in total. The fraction of sp³-hybridized carbons (Fsp3) is 0.650. The maximum atomic E-state index is 13.1. The molecule has 2 aliphatic rings. The lowest BCUT2D eigenvalue weighted by atomic mass is 10.2. The standard InChI is InChI=1S/C20H30ClN3O3S/c1-22(14-15-23-10-6-7-11-23)20(25)17-8-9-18(21)19(16-17)28(26,27)24-12-4-2-3-5-13-24/h8-9,16H,2-7,10-15H2,1H3. The summed E-state index contributed by atoms with van der Waals surface area (Å²) >= 11 is 6.23. The Balaban J connectivity index is 1.75. The van der Waals surface area contributed by atoms with E-state index in [9.17, 15) is 13.2 Å². The lowest BCUT2D eigenvalue weighted by Crippen LogP contribution is -2.35. The SMILES string of the molecule is CN(CCN1CCCC1)C(=O)c1ccc(Cl)c(S(=O)(=O)N2CCCCCC2)c1. The number of likely N-dealkylation sites (N-methyl/N-ethyl adjacent to an activating group) is 1. The van der Waals surface area contributed by atoms with Gasteiger partial charge in [-0.05, 0) is 57.0 Å². The molecule has 2 aliphatic heterocycles. The van der Waals surface area contributed by atoms with Gasteiger partial charge in [0.1, 0.15) is 4.90 Å². The molecule has 0 aromatic heterocycles. The minimum atomic E-state index is -3.70. The summed E-state index contributed by atoms with van der Waals surface area (Å²) in [4.78, 5) is 16.9. The second kappa shape index (κ2) is 9.57. The summed E-state index contributed by atoms with van der Waals surface area (Å²) in [5, 5.41) is 0.167. The van der Waals surface area contributed by atoms with Gasteiger partial charge in [0.2, 0.25) is 10.0 Å². The quantitative estimate of drug-likeness (QED) is 0.700. The number of hydrogen-bond acceptors (Lipinski definition) is 4. The average Bonchev–Trinajstić information content (AvgIpc) is 3.05. The van der Waals surface area contributed by atoms with Crippen LogP contribution in [0.5, 0.6) is 0 Å². The Morgan fingerprint density at radius 2 is 1.64 bits per heavy atom. The average molecular weight is 428 g/mol. The molecule has 2 heterocycles. The Hall–Kier alpha value is -1.15. The molecule has 2 fully saturated rings. The van der Waals surface area contributed by atoms with Crippen molar-refractivity contribution in [2.24, 2.45) is 0 Å². The maximum Gasteiger partial charge on any atom is 0.253 e. The zero-order valence-electron chi connectivity index (χ0n) is 16.6.